The molecular weight excluding hydrogens is 534 g/mol. The van der Waals surface area contributed by atoms with Crippen molar-refractivity contribution in [2.75, 3.05) is 26.2 Å². The van der Waals surface area contributed by atoms with Gasteiger partial charge in [0.15, 0.2) is 5.82 Å². The van der Waals surface area contributed by atoms with Gasteiger partial charge in [-0.05, 0) is 71.3 Å². The molecule has 3 heterocycles. The molecular formula is C32H43N5O5. The molecule has 2 saturated heterocycles. The summed E-state index contributed by atoms with van der Waals surface area (Å²) in [7, 11) is 0. The molecule has 1 aromatic heterocycles. The van der Waals surface area contributed by atoms with Crippen LogP contribution in [0, 0.1) is 0 Å². The van der Waals surface area contributed by atoms with E-state index in [4.69, 9.17) is 9.47 Å². The van der Waals surface area contributed by atoms with Gasteiger partial charge in [0.2, 0.25) is 5.91 Å². The summed E-state index contributed by atoms with van der Waals surface area (Å²) < 4.78 is 11.2. The van der Waals surface area contributed by atoms with Crippen LogP contribution in [-0.4, -0.2) is 87.7 Å². The monoisotopic (exact) mass is 577 g/mol. The van der Waals surface area contributed by atoms with Crippen molar-refractivity contribution < 1.29 is 23.9 Å². The van der Waals surface area contributed by atoms with Crippen molar-refractivity contribution in [3.63, 3.8) is 0 Å². The fourth-order valence-corrected chi connectivity index (χ4v) is 5.59. The standard InChI is InChI=1S/C32H43N5O5/c1-32(2,3)42-31(40)36-15-13-26(14-16-36)37(25-11-12-25)30(39)24-19-34-29(35-20-24)23-9-7-22(8-10-23)18-28(38)33-21-27-6-4-5-17-41-27/h7-10,19-20,25-27H,4-6,11-18,21H2,1-3H3,(H,33,38). The van der Waals surface area contributed by atoms with Gasteiger partial charge in [0.25, 0.3) is 5.91 Å². The average Bonchev–Trinajstić information content (AvgIpc) is 3.82. The molecule has 3 amide bonds. The van der Waals surface area contributed by atoms with E-state index in [1.54, 1.807) is 17.3 Å². The van der Waals surface area contributed by atoms with Crippen LogP contribution in [0.4, 0.5) is 4.79 Å². The molecule has 10 nitrogen and oxygen atoms in total. The number of hydrogen-bond donors (Lipinski definition) is 1. The van der Waals surface area contributed by atoms with Gasteiger partial charge in [0, 0.05) is 56.3 Å². The third-order valence-electron chi connectivity index (χ3n) is 7.96. The molecule has 2 aromatic rings. The molecule has 42 heavy (non-hydrogen) atoms. The molecule has 5 rings (SSSR count). The van der Waals surface area contributed by atoms with Crippen molar-refractivity contribution in [2.45, 2.75) is 95.9 Å². The summed E-state index contributed by atoms with van der Waals surface area (Å²) in [4.78, 5) is 51.1. The van der Waals surface area contributed by atoms with Gasteiger partial charge in [0.1, 0.15) is 5.60 Å². The maximum atomic E-state index is 13.6. The van der Waals surface area contributed by atoms with Crippen LogP contribution in [0.2, 0.25) is 0 Å². The van der Waals surface area contributed by atoms with Crippen molar-refractivity contribution in [3.8, 4) is 11.4 Å². The molecule has 1 unspecified atom stereocenters. The molecule has 226 valence electrons. The van der Waals surface area contributed by atoms with E-state index in [2.05, 4.69) is 15.3 Å². The van der Waals surface area contributed by atoms with E-state index < -0.39 is 5.60 Å². The molecule has 1 saturated carbocycles. The molecule has 0 bridgehead atoms. The van der Waals surface area contributed by atoms with Gasteiger partial charge in [-0.3, -0.25) is 9.59 Å². The molecule has 2 aliphatic heterocycles. The van der Waals surface area contributed by atoms with Gasteiger partial charge in [-0.2, -0.15) is 0 Å². The van der Waals surface area contributed by atoms with Crippen molar-refractivity contribution in [3.05, 3.63) is 47.8 Å². The first-order valence-corrected chi connectivity index (χ1v) is 15.3. The average molecular weight is 578 g/mol. The summed E-state index contributed by atoms with van der Waals surface area (Å²) in [5, 5.41) is 2.98. The molecule has 3 fully saturated rings. The third-order valence-corrected chi connectivity index (χ3v) is 7.96. The Kier molecular flexibility index (Phi) is 9.40. The Morgan fingerprint density at radius 2 is 1.64 bits per heavy atom. The number of benzene rings is 1. The molecule has 1 aliphatic carbocycles. The zero-order valence-corrected chi connectivity index (χ0v) is 25.0. The van der Waals surface area contributed by atoms with E-state index in [9.17, 15) is 14.4 Å². The number of piperidine rings is 1. The minimum absolute atomic E-state index is 0.0215. The second-order valence-electron chi connectivity index (χ2n) is 12.6. The summed E-state index contributed by atoms with van der Waals surface area (Å²) in [5.41, 5.74) is 1.67. The minimum Gasteiger partial charge on any atom is -0.444 e. The predicted octanol–water partition coefficient (Wildman–Crippen LogP) is 4.38. The Hall–Kier alpha value is -3.53. The van der Waals surface area contributed by atoms with Crippen LogP contribution in [0.5, 0.6) is 0 Å². The highest BCUT2D eigenvalue weighted by Crippen LogP contribution is 2.33. The summed E-state index contributed by atoms with van der Waals surface area (Å²) in [6, 6.07) is 7.93. The lowest BCUT2D eigenvalue weighted by molar-refractivity contribution is -0.121. The molecule has 1 N–H and O–H groups in total. The van der Waals surface area contributed by atoms with Gasteiger partial charge < -0.3 is 24.6 Å². The van der Waals surface area contributed by atoms with Crippen LogP contribution in [0.15, 0.2) is 36.7 Å². The maximum absolute atomic E-state index is 13.6. The molecule has 0 spiro atoms. The largest absolute Gasteiger partial charge is 0.444 e. The lowest BCUT2D eigenvalue weighted by Crippen LogP contribution is -2.50. The van der Waals surface area contributed by atoms with E-state index >= 15 is 0 Å². The highest BCUT2D eigenvalue weighted by Gasteiger charge is 2.40. The van der Waals surface area contributed by atoms with Crippen LogP contribution in [-0.2, 0) is 20.7 Å². The summed E-state index contributed by atoms with van der Waals surface area (Å²) in [6.07, 6.45) is 9.99. The number of likely N-dealkylation sites (tertiary alicyclic amines) is 1. The first kappa shape index (κ1) is 29.9. The fraction of sp³-hybridized carbons (Fsp3) is 0.594. The quantitative estimate of drug-likeness (QED) is 0.495. The number of amides is 3. The van der Waals surface area contributed by atoms with E-state index in [1.807, 2.05) is 49.9 Å². The zero-order valence-electron chi connectivity index (χ0n) is 25.0. The zero-order chi connectivity index (χ0) is 29.7. The summed E-state index contributed by atoms with van der Waals surface area (Å²) in [5.74, 6) is 0.451. The Balaban J connectivity index is 1.14. The predicted molar refractivity (Wildman–Crippen MR) is 158 cm³/mol. The number of aromatic nitrogens is 2. The van der Waals surface area contributed by atoms with Crippen LogP contribution in [0.3, 0.4) is 0 Å². The van der Waals surface area contributed by atoms with Gasteiger partial charge in [-0.15, -0.1) is 0 Å². The Labute approximate surface area is 248 Å². The third kappa shape index (κ3) is 8.06. The van der Waals surface area contributed by atoms with Crippen LogP contribution < -0.4 is 5.32 Å². The lowest BCUT2D eigenvalue weighted by atomic mass is 10.0. The second-order valence-corrected chi connectivity index (χ2v) is 12.6. The highest BCUT2D eigenvalue weighted by molar-refractivity contribution is 5.94. The van der Waals surface area contributed by atoms with Gasteiger partial charge in [-0.1, -0.05) is 24.3 Å². The SMILES string of the molecule is CC(C)(C)OC(=O)N1CCC(N(C(=O)c2cnc(-c3ccc(CC(=O)NCC4CCCCO4)cc3)nc2)C2CC2)CC1. The topological polar surface area (TPSA) is 114 Å². The minimum atomic E-state index is -0.529. The molecule has 1 aromatic carbocycles. The molecule has 10 heteroatoms. The Bertz CT molecular complexity index is 1230. The van der Waals surface area contributed by atoms with Crippen molar-refractivity contribution in [1.29, 1.82) is 0 Å². The summed E-state index contributed by atoms with van der Waals surface area (Å²) in [6.45, 7) is 8.06. The van der Waals surface area contributed by atoms with E-state index in [1.165, 1.54) is 0 Å². The van der Waals surface area contributed by atoms with Crippen molar-refractivity contribution in [2.24, 2.45) is 0 Å². The first-order chi connectivity index (χ1) is 20.2. The second kappa shape index (κ2) is 13.2. The van der Waals surface area contributed by atoms with Crippen molar-refractivity contribution >= 4 is 17.9 Å². The Morgan fingerprint density at radius 3 is 2.24 bits per heavy atom. The van der Waals surface area contributed by atoms with Gasteiger partial charge in [-0.25, -0.2) is 14.8 Å². The number of nitrogens with one attached hydrogen (secondary N) is 1. The fourth-order valence-electron chi connectivity index (χ4n) is 5.59. The molecule has 1 atom stereocenters. The molecule has 0 radical (unpaired) electrons. The number of carbonyl (C=O) groups excluding carboxylic acids is 3. The number of hydrogen-bond acceptors (Lipinski definition) is 7. The number of ether oxygens (including phenoxy) is 2. The van der Waals surface area contributed by atoms with Crippen LogP contribution in [0.25, 0.3) is 11.4 Å². The van der Waals surface area contributed by atoms with E-state index in [0.29, 0.717) is 37.4 Å². The van der Waals surface area contributed by atoms with Crippen molar-refractivity contribution in [1.82, 2.24) is 25.1 Å². The van der Waals surface area contributed by atoms with E-state index in [0.717, 1.165) is 62.7 Å². The number of carbonyl (C=O) groups is 3. The van der Waals surface area contributed by atoms with E-state index in [-0.39, 0.29) is 36.1 Å². The Morgan fingerprint density at radius 1 is 0.976 bits per heavy atom. The smallest absolute Gasteiger partial charge is 0.410 e. The number of rotatable bonds is 8. The normalized spacial score (nSPS) is 19.7. The number of nitrogens with zero attached hydrogens (tertiary/aromatic N) is 4. The van der Waals surface area contributed by atoms with Gasteiger partial charge in [0.05, 0.1) is 18.1 Å². The lowest BCUT2D eigenvalue weighted by Gasteiger charge is -2.39. The molecule has 3 aliphatic rings. The highest BCUT2D eigenvalue weighted by atomic mass is 16.6. The summed E-state index contributed by atoms with van der Waals surface area (Å²) >= 11 is 0. The van der Waals surface area contributed by atoms with Crippen LogP contribution >= 0.6 is 0 Å². The maximum Gasteiger partial charge on any atom is 0.410 e. The van der Waals surface area contributed by atoms with Gasteiger partial charge >= 0.3 is 6.09 Å². The van der Waals surface area contributed by atoms with Crippen LogP contribution in [0.1, 0.15) is 81.6 Å². The first-order valence-electron chi connectivity index (χ1n) is 15.3.